The van der Waals surface area contributed by atoms with E-state index in [1.807, 2.05) is 6.07 Å². The van der Waals surface area contributed by atoms with Crippen LogP contribution in [0.4, 0.5) is 0 Å². The van der Waals surface area contributed by atoms with Gasteiger partial charge in [0.25, 0.3) is 0 Å². The Balaban J connectivity index is 1.99. The largest absolute Gasteiger partial charge is 0.508 e. The fourth-order valence-corrected chi connectivity index (χ4v) is 3.30. The Labute approximate surface area is 127 Å². The minimum absolute atomic E-state index is 0.353. The number of halogens is 1. The number of aromatic hydroxyl groups is 1. The molecule has 0 bridgehead atoms. The smallest absolute Gasteiger partial charge is 0.120 e. The highest BCUT2D eigenvalue weighted by Gasteiger charge is 2.27. The first-order valence-corrected chi connectivity index (χ1v) is 7.94. The molecule has 0 saturated carbocycles. The van der Waals surface area contributed by atoms with Crippen molar-refractivity contribution in [1.82, 2.24) is 4.90 Å². The van der Waals surface area contributed by atoms with Gasteiger partial charge in [-0.1, -0.05) is 32.4 Å². The summed E-state index contributed by atoms with van der Waals surface area (Å²) in [6.45, 7) is 10.0. The summed E-state index contributed by atoms with van der Waals surface area (Å²) in [6, 6.07) is 5.30. The molecule has 112 valence electrons. The van der Waals surface area contributed by atoms with Crippen LogP contribution in [0.1, 0.15) is 45.6 Å². The molecule has 0 radical (unpaired) electrons. The van der Waals surface area contributed by atoms with Gasteiger partial charge in [-0.3, -0.25) is 4.90 Å². The van der Waals surface area contributed by atoms with Crippen molar-refractivity contribution in [3.05, 3.63) is 28.8 Å². The number of phenols is 1. The van der Waals surface area contributed by atoms with Gasteiger partial charge in [-0.15, -0.1) is 0 Å². The minimum Gasteiger partial charge on any atom is -0.508 e. The van der Waals surface area contributed by atoms with Gasteiger partial charge in [0.1, 0.15) is 5.75 Å². The number of rotatable bonds is 2. The Morgan fingerprint density at radius 1 is 1.25 bits per heavy atom. The monoisotopic (exact) mass is 295 g/mol. The summed E-state index contributed by atoms with van der Waals surface area (Å²) in [6.07, 6.45) is 3.79. The maximum atomic E-state index is 9.93. The van der Waals surface area contributed by atoms with Crippen LogP contribution in [-0.4, -0.2) is 23.1 Å². The third kappa shape index (κ3) is 4.13. The second-order valence-electron chi connectivity index (χ2n) is 7.04. The molecule has 0 amide bonds. The van der Waals surface area contributed by atoms with E-state index in [2.05, 4.69) is 25.7 Å². The molecular formula is C17H26ClNO. The second-order valence-corrected chi connectivity index (χ2v) is 7.48. The molecule has 1 fully saturated rings. The normalized spacial score (nSPS) is 21.7. The molecule has 20 heavy (non-hydrogen) atoms. The van der Waals surface area contributed by atoms with Gasteiger partial charge in [0.2, 0.25) is 0 Å². The molecule has 1 aromatic carbocycles. The average molecular weight is 296 g/mol. The van der Waals surface area contributed by atoms with Crippen LogP contribution in [-0.2, 0) is 6.54 Å². The highest BCUT2D eigenvalue weighted by atomic mass is 35.5. The maximum absolute atomic E-state index is 9.93. The van der Waals surface area contributed by atoms with Crippen molar-refractivity contribution in [2.24, 2.45) is 11.3 Å². The van der Waals surface area contributed by atoms with Crippen LogP contribution < -0.4 is 0 Å². The molecule has 1 unspecified atom stereocenters. The molecule has 0 aliphatic carbocycles. The van der Waals surface area contributed by atoms with E-state index >= 15 is 0 Å². The lowest BCUT2D eigenvalue weighted by Crippen LogP contribution is -2.26. The van der Waals surface area contributed by atoms with Gasteiger partial charge in [0.05, 0.1) is 0 Å². The number of nitrogens with zero attached hydrogens (tertiary/aromatic N) is 1. The molecule has 1 aliphatic heterocycles. The quantitative estimate of drug-likeness (QED) is 0.855. The van der Waals surface area contributed by atoms with Crippen LogP contribution in [0.15, 0.2) is 18.2 Å². The van der Waals surface area contributed by atoms with Crippen molar-refractivity contribution >= 4 is 11.6 Å². The first-order chi connectivity index (χ1) is 9.36. The first-order valence-electron chi connectivity index (χ1n) is 7.56. The Morgan fingerprint density at radius 3 is 2.70 bits per heavy atom. The molecule has 3 heteroatoms. The standard InChI is InChI=1S/C17H26ClNO/c1-17(2,3)14-5-4-9-19(10-8-14)12-13-11-15(18)6-7-16(13)20/h6-7,11,14,20H,4-5,8-10,12H2,1-3H3. The van der Waals surface area contributed by atoms with E-state index in [1.165, 1.54) is 19.3 Å². The van der Waals surface area contributed by atoms with Gasteiger partial charge in [0.15, 0.2) is 0 Å². The summed E-state index contributed by atoms with van der Waals surface area (Å²) in [7, 11) is 0. The zero-order chi connectivity index (χ0) is 14.8. The summed E-state index contributed by atoms with van der Waals surface area (Å²) in [4.78, 5) is 2.44. The van der Waals surface area contributed by atoms with Crippen LogP contribution in [0.25, 0.3) is 0 Å². The molecule has 0 spiro atoms. The molecule has 1 N–H and O–H groups in total. The van der Waals surface area contributed by atoms with Gasteiger partial charge in [-0.2, -0.15) is 0 Å². The lowest BCUT2D eigenvalue weighted by Gasteiger charge is -2.29. The van der Waals surface area contributed by atoms with E-state index in [0.717, 1.165) is 31.1 Å². The summed E-state index contributed by atoms with van der Waals surface area (Å²) < 4.78 is 0. The molecule has 2 rings (SSSR count). The third-order valence-corrected chi connectivity index (χ3v) is 4.72. The Bertz CT molecular complexity index is 453. The average Bonchev–Trinajstić information content (AvgIpc) is 2.59. The first kappa shape index (κ1) is 15.7. The lowest BCUT2D eigenvalue weighted by molar-refractivity contribution is 0.206. The SMILES string of the molecule is CC(C)(C)C1CCCN(Cc2cc(Cl)ccc2O)CC1. The fourth-order valence-electron chi connectivity index (χ4n) is 3.10. The Morgan fingerprint density at radius 2 is 2.00 bits per heavy atom. The predicted molar refractivity (Wildman–Crippen MR) is 85.2 cm³/mol. The van der Waals surface area contributed by atoms with E-state index in [0.29, 0.717) is 16.2 Å². The fraction of sp³-hybridized carbons (Fsp3) is 0.647. The number of likely N-dealkylation sites (tertiary alicyclic amines) is 1. The van der Waals surface area contributed by atoms with Gasteiger partial charge in [0, 0.05) is 17.1 Å². The highest BCUT2D eigenvalue weighted by Crippen LogP contribution is 2.34. The minimum atomic E-state index is 0.353. The number of phenolic OH excluding ortho intramolecular Hbond substituents is 1. The van der Waals surface area contributed by atoms with Crippen LogP contribution in [0.3, 0.4) is 0 Å². The van der Waals surface area contributed by atoms with Crippen molar-refractivity contribution in [2.75, 3.05) is 13.1 Å². The maximum Gasteiger partial charge on any atom is 0.120 e. The van der Waals surface area contributed by atoms with Crippen molar-refractivity contribution in [3.63, 3.8) is 0 Å². The van der Waals surface area contributed by atoms with Crippen LogP contribution in [0.5, 0.6) is 5.75 Å². The van der Waals surface area contributed by atoms with Crippen molar-refractivity contribution in [2.45, 2.75) is 46.6 Å². The summed E-state index contributed by atoms with van der Waals surface area (Å²) in [5.74, 6) is 1.14. The van der Waals surface area contributed by atoms with Gasteiger partial charge in [-0.25, -0.2) is 0 Å². The molecule has 1 atom stereocenters. The van der Waals surface area contributed by atoms with Crippen LogP contribution >= 0.6 is 11.6 Å². The molecule has 2 nitrogen and oxygen atoms in total. The highest BCUT2D eigenvalue weighted by molar-refractivity contribution is 6.30. The van der Waals surface area contributed by atoms with E-state index in [-0.39, 0.29) is 0 Å². The van der Waals surface area contributed by atoms with Gasteiger partial charge >= 0.3 is 0 Å². The number of hydrogen-bond donors (Lipinski definition) is 1. The van der Waals surface area contributed by atoms with Gasteiger partial charge < -0.3 is 5.11 Å². The van der Waals surface area contributed by atoms with Crippen LogP contribution in [0, 0.1) is 11.3 Å². The second kappa shape index (κ2) is 6.36. The van der Waals surface area contributed by atoms with Crippen molar-refractivity contribution in [3.8, 4) is 5.75 Å². The van der Waals surface area contributed by atoms with Crippen LogP contribution in [0.2, 0.25) is 5.02 Å². The van der Waals surface area contributed by atoms with Crippen molar-refractivity contribution in [1.29, 1.82) is 0 Å². The molecule has 0 aromatic heterocycles. The zero-order valence-corrected chi connectivity index (χ0v) is 13.6. The Hall–Kier alpha value is -0.730. The molecule has 1 heterocycles. The van der Waals surface area contributed by atoms with E-state index < -0.39 is 0 Å². The number of hydrogen-bond acceptors (Lipinski definition) is 2. The lowest BCUT2D eigenvalue weighted by atomic mass is 9.77. The number of benzene rings is 1. The predicted octanol–water partition coefficient (Wildman–Crippen LogP) is 4.69. The Kier molecular flexibility index (Phi) is 4.98. The molecule has 1 aromatic rings. The van der Waals surface area contributed by atoms with Gasteiger partial charge in [-0.05, 0) is 61.9 Å². The summed E-state index contributed by atoms with van der Waals surface area (Å²) in [5, 5.41) is 10.6. The summed E-state index contributed by atoms with van der Waals surface area (Å²) >= 11 is 6.02. The molecule has 1 aliphatic rings. The van der Waals surface area contributed by atoms with E-state index in [1.54, 1.807) is 12.1 Å². The summed E-state index contributed by atoms with van der Waals surface area (Å²) in [5.41, 5.74) is 1.33. The van der Waals surface area contributed by atoms with E-state index in [4.69, 9.17) is 11.6 Å². The third-order valence-electron chi connectivity index (χ3n) is 4.48. The zero-order valence-electron chi connectivity index (χ0n) is 12.8. The molecule has 1 saturated heterocycles. The molecular weight excluding hydrogens is 270 g/mol. The van der Waals surface area contributed by atoms with E-state index in [9.17, 15) is 5.11 Å². The van der Waals surface area contributed by atoms with Crippen molar-refractivity contribution < 1.29 is 5.11 Å². The topological polar surface area (TPSA) is 23.5 Å².